The average molecular weight is 148 g/mol. The Morgan fingerprint density at radius 1 is 1.60 bits per heavy atom. The zero-order chi connectivity index (χ0) is 7.72. The van der Waals surface area contributed by atoms with Crippen LogP contribution in [0.4, 0.5) is 4.39 Å². The van der Waals surface area contributed by atoms with Crippen LogP contribution in [0.5, 0.6) is 0 Å². The molecule has 0 spiro atoms. The van der Waals surface area contributed by atoms with E-state index in [-0.39, 0.29) is 6.10 Å². The number of alkyl halides is 1. The summed E-state index contributed by atoms with van der Waals surface area (Å²) >= 11 is 0. The molecule has 0 amide bonds. The van der Waals surface area contributed by atoms with Crippen molar-refractivity contribution >= 4 is 0 Å². The van der Waals surface area contributed by atoms with Gasteiger partial charge in [-0.15, -0.1) is 0 Å². The molecule has 1 N–H and O–H groups in total. The molecule has 0 aromatic heterocycles. The van der Waals surface area contributed by atoms with Crippen molar-refractivity contribution in [2.75, 3.05) is 0 Å². The Morgan fingerprint density at radius 3 is 2.40 bits per heavy atom. The molecule has 0 saturated carbocycles. The highest BCUT2D eigenvalue weighted by atomic mass is 19.1. The van der Waals surface area contributed by atoms with Gasteiger partial charge in [-0.05, 0) is 13.3 Å². The van der Waals surface area contributed by atoms with Gasteiger partial charge < -0.3 is 9.84 Å². The minimum Gasteiger partial charge on any atom is -0.387 e. The molecule has 0 radical (unpaired) electrons. The lowest BCUT2D eigenvalue weighted by atomic mass is 10.1. The Labute approximate surface area is 60.0 Å². The van der Waals surface area contributed by atoms with E-state index in [1.165, 1.54) is 0 Å². The zero-order valence-corrected chi connectivity index (χ0v) is 6.25. The number of halogens is 1. The van der Waals surface area contributed by atoms with E-state index in [4.69, 9.17) is 9.84 Å². The molecule has 4 unspecified atom stereocenters. The molecule has 0 aliphatic carbocycles. The standard InChI is InChI=1S/C7H13FO2/c1-3-5-6(8)7(9)4(2)10-5/h4-7,9H,3H2,1-2H3. The third-order valence-corrected chi connectivity index (χ3v) is 1.95. The van der Waals surface area contributed by atoms with E-state index >= 15 is 0 Å². The molecule has 0 aromatic rings. The van der Waals surface area contributed by atoms with Crippen LogP contribution in [-0.4, -0.2) is 29.6 Å². The number of hydrogen-bond donors (Lipinski definition) is 1. The van der Waals surface area contributed by atoms with Gasteiger partial charge in [-0.1, -0.05) is 6.92 Å². The van der Waals surface area contributed by atoms with Crippen LogP contribution in [0.3, 0.4) is 0 Å². The first kappa shape index (κ1) is 7.95. The Bertz CT molecular complexity index is 118. The Morgan fingerprint density at radius 2 is 2.20 bits per heavy atom. The smallest absolute Gasteiger partial charge is 0.154 e. The second-order valence-electron chi connectivity index (χ2n) is 2.72. The normalized spacial score (nSPS) is 48.0. The summed E-state index contributed by atoms with van der Waals surface area (Å²) in [6.45, 7) is 3.54. The molecule has 3 heteroatoms. The third kappa shape index (κ3) is 1.16. The number of rotatable bonds is 1. The topological polar surface area (TPSA) is 29.5 Å². The van der Waals surface area contributed by atoms with Gasteiger partial charge in [0.25, 0.3) is 0 Å². The summed E-state index contributed by atoms with van der Waals surface area (Å²) in [5, 5.41) is 9.07. The monoisotopic (exact) mass is 148 g/mol. The van der Waals surface area contributed by atoms with Crippen molar-refractivity contribution in [3.8, 4) is 0 Å². The molecular formula is C7H13FO2. The summed E-state index contributed by atoms with van der Waals surface area (Å²) in [4.78, 5) is 0. The van der Waals surface area contributed by atoms with Gasteiger partial charge in [-0.2, -0.15) is 0 Å². The first-order valence-electron chi connectivity index (χ1n) is 3.64. The van der Waals surface area contributed by atoms with Crippen LogP contribution >= 0.6 is 0 Å². The van der Waals surface area contributed by atoms with Crippen molar-refractivity contribution in [2.24, 2.45) is 0 Å². The zero-order valence-electron chi connectivity index (χ0n) is 6.25. The Balaban J connectivity index is 2.53. The van der Waals surface area contributed by atoms with E-state index in [1.807, 2.05) is 6.92 Å². The fourth-order valence-corrected chi connectivity index (χ4v) is 1.23. The maximum Gasteiger partial charge on any atom is 0.154 e. The minimum absolute atomic E-state index is 0.347. The quantitative estimate of drug-likeness (QED) is 0.598. The van der Waals surface area contributed by atoms with E-state index in [0.717, 1.165) is 0 Å². The third-order valence-electron chi connectivity index (χ3n) is 1.95. The molecular weight excluding hydrogens is 135 g/mol. The summed E-state index contributed by atoms with van der Waals surface area (Å²) in [7, 11) is 0. The van der Waals surface area contributed by atoms with Gasteiger partial charge in [-0.3, -0.25) is 0 Å². The highest BCUT2D eigenvalue weighted by molar-refractivity contribution is 4.87. The van der Waals surface area contributed by atoms with Crippen LogP contribution in [-0.2, 0) is 4.74 Å². The summed E-state index contributed by atoms with van der Waals surface area (Å²) < 4.78 is 18.0. The fraction of sp³-hybridized carbons (Fsp3) is 1.00. The lowest BCUT2D eigenvalue weighted by molar-refractivity contribution is 0.0205. The molecule has 1 saturated heterocycles. The number of aliphatic hydroxyl groups excluding tert-OH is 1. The Hall–Kier alpha value is -0.150. The molecule has 1 aliphatic heterocycles. The molecule has 2 nitrogen and oxygen atoms in total. The van der Waals surface area contributed by atoms with Gasteiger partial charge in [0.1, 0.15) is 6.10 Å². The predicted molar refractivity (Wildman–Crippen MR) is 35.5 cm³/mol. The van der Waals surface area contributed by atoms with Gasteiger partial charge in [0.2, 0.25) is 0 Å². The van der Waals surface area contributed by atoms with Crippen LogP contribution in [0.15, 0.2) is 0 Å². The van der Waals surface area contributed by atoms with Gasteiger partial charge >= 0.3 is 0 Å². The van der Waals surface area contributed by atoms with E-state index in [1.54, 1.807) is 6.92 Å². The molecule has 1 fully saturated rings. The van der Waals surface area contributed by atoms with Gasteiger partial charge in [0.15, 0.2) is 6.17 Å². The van der Waals surface area contributed by atoms with Gasteiger partial charge in [0.05, 0.1) is 12.2 Å². The van der Waals surface area contributed by atoms with E-state index < -0.39 is 18.4 Å². The van der Waals surface area contributed by atoms with Gasteiger partial charge in [-0.25, -0.2) is 4.39 Å². The van der Waals surface area contributed by atoms with E-state index in [9.17, 15) is 4.39 Å². The highest BCUT2D eigenvalue weighted by Crippen LogP contribution is 2.25. The van der Waals surface area contributed by atoms with Crippen molar-refractivity contribution < 1.29 is 14.2 Å². The van der Waals surface area contributed by atoms with E-state index in [0.29, 0.717) is 6.42 Å². The van der Waals surface area contributed by atoms with E-state index in [2.05, 4.69) is 0 Å². The maximum atomic E-state index is 12.9. The van der Waals surface area contributed by atoms with Crippen molar-refractivity contribution in [3.05, 3.63) is 0 Å². The molecule has 10 heavy (non-hydrogen) atoms. The molecule has 1 heterocycles. The first-order valence-corrected chi connectivity index (χ1v) is 3.64. The van der Waals surface area contributed by atoms with Crippen molar-refractivity contribution in [1.29, 1.82) is 0 Å². The molecule has 0 aromatic carbocycles. The predicted octanol–water partition coefficient (Wildman–Crippen LogP) is 0.883. The van der Waals surface area contributed by atoms with Crippen LogP contribution in [0, 0.1) is 0 Å². The summed E-state index contributed by atoms with van der Waals surface area (Å²) in [6, 6.07) is 0. The maximum absolute atomic E-state index is 12.9. The second kappa shape index (κ2) is 2.84. The van der Waals surface area contributed by atoms with Crippen LogP contribution < -0.4 is 0 Å². The lowest BCUT2D eigenvalue weighted by Crippen LogP contribution is -2.27. The molecule has 1 aliphatic rings. The SMILES string of the molecule is CCC1OC(C)C(O)C1F. The minimum atomic E-state index is -1.19. The molecule has 4 atom stereocenters. The molecule has 1 rings (SSSR count). The van der Waals surface area contributed by atoms with Crippen LogP contribution in [0.25, 0.3) is 0 Å². The average Bonchev–Trinajstić information content (AvgIpc) is 2.17. The summed E-state index contributed by atoms with van der Waals surface area (Å²) in [6.07, 6.45) is -2.24. The number of ether oxygens (including phenoxy) is 1. The fourth-order valence-electron chi connectivity index (χ4n) is 1.23. The lowest BCUT2D eigenvalue weighted by Gasteiger charge is -2.08. The van der Waals surface area contributed by atoms with Crippen molar-refractivity contribution in [1.82, 2.24) is 0 Å². The largest absolute Gasteiger partial charge is 0.387 e. The highest BCUT2D eigenvalue weighted by Gasteiger charge is 2.40. The summed E-state index contributed by atoms with van der Waals surface area (Å²) in [5.74, 6) is 0. The van der Waals surface area contributed by atoms with Crippen molar-refractivity contribution in [3.63, 3.8) is 0 Å². The summed E-state index contributed by atoms with van der Waals surface area (Å²) in [5.41, 5.74) is 0. The van der Waals surface area contributed by atoms with Crippen molar-refractivity contribution in [2.45, 2.75) is 44.8 Å². The Kier molecular flexibility index (Phi) is 2.26. The second-order valence-corrected chi connectivity index (χ2v) is 2.72. The molecule has 60 valence electrons. The molecule has 0 bridgehead atoms. The van der Waals surface area contributed by atoms with Crippen LogP contribution in [0.1, 0.15) is 20.3 Å². The first-order chi connectivity index (χ1) is 4.66. The van der Waals surface area contributed by atoms with Gasteiger partial charge in [0, 0.05) is 0 Å². The van der Waals surface area contributed by atoms with Crippen LogP contribution in [0.2, 0.25) is 0 Å². The number of hydrogen-bond acceptors (Lipinski definition) is 2. The number of aliphatic hydroxyl groups is 1.